The molecule has 0 aliphatic carbocycles. The molecule has 0 unspecified atom stereocenters. The summed E-state index contributed by atoms with van der Waals surface area (Å²) in [4.78, 5) is 0.237. The molecule has 0 aromatic heterocycles. The first kappa shape index (κ1) is 15.3. The van der Waals surface area contributed by atoms with Gasteiger partial charge in [0.05, 0.1) is 4.90 Å². The van der Waals surface area contributed by atoms with Crippen LogP contribution < -0.4 is 4.72 Å². The van der Waals surface area contributed by atoms with Crippen LogP contribution in [-0.4, -0.2) is 20.1 Å². The van der Waals surface area contributed by atoms with Gasteiger partial charge < -0.3 is 5.11 Å². The maximum absolute atomic E-state index is 12.1. The quantitative estimate of drug-likeness (QED) is 0.841. The summed E-state index contributed by atoms with van der Waals surface area (Å²) in [6.07, 6.45) is 0. The fraction of sp³-hybridized carbons (Fsp3) is 0.125. The lowest BCUT2D eigenvalue weighted by atomic mass is 10.1. The molecule has 0 radical (unpaired) electrons. The van der Waals surface area contributed by atoms with Gasteiger partial charge in [-0.2, -0.15) is 0 Å². The third-order valence-electron chi connectivity index (χ3n) is 2.76. The highest BCUT2D eigenvalue weighted by Gasteiger charge is 2.12. The third-order valence-corrected chi connectivity index (χ3v) is 4.18. The molecule has 0 saturated carbocycles. The summed E-state index contributed by atoms with van der Waals surface area (Å²) in [6.45, 7) is -0.0171. The average molecular weight is 301 g/mol. The van der Waals surface area contributed by atoms with Crippen molar-refractivity contribution >= 4 is 10.0 Å². The first-order chi connectivity index (χ1) is 10.1. The van der Waals surface area contributed by atoms with Crippen molar-refractivity contribution in [2.45, 2.75) is 11.4 Å². The van der Waals surface area contributed by atoms with Crippen LogP contribution in [0.2, 0.25) is 0 Å². The van der Waals surface area contributed by atoms with Crippen molar-refractivity contribution in [3.8, 4) is 11.8 Å². The Bertz CT molecular complexity index is 759. The predicted molar refractivity (Wildman–Crippen MR) is 80.9 cm³/mol. The second-order valence-electron chi connectivity index (χ2n) is 4.30. The van der Waals surface area contributed by atoms with Gasteiger partial charge >= 0.3 is 0 Å². The van der Waals surface area contributed by atoms with Gasteiger partial charge in [-0.25, -0.2) is 13.1 Å². The molecular formula is C16H15NO3S. The van der Waals surface area contributed by atoms with Crippen molar-refractivity contribution in [3.05, 3.63) is 65.7 Å². The van der Waals surface area contributed by atoms with Crippen LogP contribution in [0.25, 0.3) is 0 Å². The highest BCUT2D eigenvalue weighted by molar-refractivity contribution is 7.89. The zero-order valence-corrected chi connectivity index (χ0v) is 12.1. The maximum Gasteiger partial charge on any atom is 0.240 e. The number of hydrogen-bond donors (Lipinski definition) is 2. The largest absolute Gasteiger partial charge is 0.384 e. The highest BCUT2D eigenvalue weighted by atomic mass is 32.2. The molecule has 0 atom stereocenters. The lowest BCUT2D eigenvalue weighted by Gasteiger charge is -2.07. The van der Waals surface area contributed by atoms with E-state index in [4.69, 9.17) is 5.11 Å². The number of nitrogens with one attached hydrogen (secondary N) is 1. The molecule has 0 aliphatic rings. The number of sulfonamides is 1. The van der Waals surface area contributed by atoms with Crippen LogP contribution in [0.4, 0.5) is 0 Å². The molecule has 2 rings (SSSR count). The number of hydrogen-bond acceptors (Lipinski definition) is 3. The van der Waals surface area contributed by atoms with Gasteiger partial charge in [-0.3, -0.25) is 0 Å². The standard InChI is InChI=1S/C16H15NO3S/c18-11-5-8-14-6-4-7-15(12-14)13-17-21(19,20)16-9-2-1-3-10-16/h1-4,6-7,9-10,12,17-18H,11,13H2. The lowest BCUT2D eigenvalue weighted by molar-refractivity contribution is 0.350. The Morgan fingerprint density at radius 1 is 1.05 bits per heavy atom. The van der Waals surface area contributed by atoms with E-state index in [9.17, 15) is 8.42 Å². The minimum atomic E-state index is -3.51. The van der Waals surface area contributed by atoms with E-state index in [1.807, 2.05) is 6.07 Å². The summed E-state index contributed by atoms with van der Waals surface area (Å²) in [6, 6.07) is 15.4. The molecule has 0 amide bonds. The number of benzene rings is 2. The Hall–Kier alpha value is -2.13. The second-order valence-corrected chi connectivity index (χ2v) is 6.06. The van der Waals surface area contributed by atoms with Gasteiger partial charge in [0.15, 0.2) is 0 Å². The highest BCUT2D eigenvalue weighted by Crippen LogP contribution is 2.09. The maximum atomic E-state index is 12.1. The molecule has 0 fully saturated rings. The van der Waals surface area contributed by atoms with Crippen molar-refractivity contribution in [1.82, 2.24) is 4.72 Å². The average Bonchev–Trinajstić information content (AvgIpc) is 2.52. The minimum absolute atomic E-state index is 0.186. The van der Waals surface area contributed by atoms with Gasteiger partial charge in [0, 0.05) is 12.1 Å². The third kappa shape index (κ3) is 4.43. The van der Waals surface area contributed by atoms with Crippen molar-refractivity contribution in [3.63, 3.8) is 0 Å². The summed E-state index contributed by atoms with van der Waals surface area (Å²) in [5.74, 6) is 5.34. The topological polar surface area (TPSA) is 66.4 Å². The summed E-state index contributed by atoms with van der Waals surface area (Å²) in [5, 5.41) is 8.67. The van der Waals surface area contributed by atoms with Crippen LogP contribution in [0.5, 0.6) is 0 Å². The van der Waals surface area contributed by atoms with Crippen LogP contribution in [0.1, 0.15) is 11.1 Å². The van der Waals surface area contributed by atoms with Gasteiger partial charge in [0.1, 0.15) is 6.61 Å². The molecule has 21 heavy (non-hydrogen) atoms. The number of aliphatic hydroxyl groups excluding tert-OH is 1. The Morgan fingerprint density at radius 3 is 2.52 bits per heavy atom. The summed E-state index contributed by atoms with van der Waals surface area (Å²) < 4.78 is 26.7. The zero-order chi connectivity index (χ0) is 15.1. The smallest absolute Gasteiger partial charge is 0.240 e. The van der Waals surface area contributed by atoms with Crippen LogP contribution in [0, 0.1) is 11.8 Å². The molecule has 2 aromatic rings. The Kier molecular flexibility index (Phi) is 5.12. The fourth-order valence-electron chi connectivity index (χ4n) is 1.76. The molecule has 108 valence electrons. The monoisotopic (exact) mass is 301 g/mol. The molecule has 4 nitrogen and oxygen atoms in total. The van der Waals surface area contributed by atoms with E-state index in [1.165, 1.54) is 0 Å². The van der Waals surface area contributed by atoms with Crippen molar-refractivity contribution < 1.29 is 13.5 Å². The number of aliphatic hydroxyl groups is 1. The first-order valence-electron chi connectivity index (χ1n) is 6.35. The van der Waals surface area contributed by atoms with Gasteiger partial charge in [-0.05, 0) is 29.8 Å². The Morgan fingerprint density at radius 2 is 1.81 bits per heavy atom. The molecule has 2 aromatic carbocycles. The van der Waals surface area contributed by atoms with Gasteiger partial charge in [0.25, 0.3) is 0 Å². The SMILES string of the molecule is O=S(=O)(NCc1cccc(C#CCO)c1)c1ccccc1. The van der Waals surface area contributed by atoms with Gasteiger partial charge in [-0.15, -0.1) is 0 Å². The molecule has 0 aliphatic heterocycles. The van der Waals surface area contributed by atoms with E-state index >= 15 is 0 Å². The molecule has 0 saturated heterocycles. The van der Waals surface area contributed by atoms with E-state index in [0.717, 1.165) is 11.1 Å². The van der Waals surface area contributed by atoms with E-state index in [-0.39, 0.29) is 18.0 Å². The van der Waals surface area contributed by atoms with Crippen molar-refractivity contribution in [2.24, 2.45) is 0 Å². The van der Waals surface area contributed by atoms with Gasteiger partial charge in [0.2, 0.25) is 10.0 Å². The summed E-state index contributed by atoms with van der Waals surface area (Å²) >= 11 is 0. The predicted octanol–water partition coefficient (Wildman–Crippen LogP) is 1.51. The molecule has 0 spiro atoms. The Balaban J connectivity index is 2.10. The van der Waals surface area contributed by atoms with E-state index in [1.54, 1.807) is 48.5 Å². The van der Waals surface area contributed by atoms with Crippen LogP contribution in [0.3, 0.4) is 0 Å². The van der Waals surface area contributed by atoms with Crippen molar-refractivity contribution in [2.75, 3.05) is 6.61 Å². The molecule has 0 bridgehead atoms. The zero-order valence-electron chi connectivity index (χ0n) is 11.3. The van der Waals surface area contributed by atoms with E-state index < -0.39 is 10.0 Å². The Labute approximate surface area is 124 Å². The van der Waals surface area contributed by atoms with E-state index in [2.05, 4.69) is 16.6 Å². The molecule has 2 N–H and O–H groups in total. The molecular weight excluding hydrogens is 286 g/mol. The minimum Gasteiger partial charge on any atom is -0.384 e. The molecule has 0 heterocycles. The van der Waals surface area contributed by atoms with Gasteiger partial charge in [-0.1, -0.05) is 42.2 Å². The lowest BCUT2D eigenvalue weighted by Crippen LogP contribution is -2.23. The summed E-state index contributed by atoms with van der Waals surface area (Å²) in [5.41, 5.74) is 1.54. The van der Waals surface area contributed by atoms with Crippen molar-refractivity contribution in [1.29, 1.82) is 0 Å². The van der Waals surface area contributed by atoms with Crippen LogP contribution in [0.15, 0.2) is 59.5 Å². The van der Waals surface area contributed by atoms with E-state index in [0.29, 0.717) is 0 Å². The number of rotatable bonds is 4. The fourth-order valence-corrected chi connectivity index (χ4v) is 2.80. The second kappa shape index (κ2) is 7.04. The normalized spacial score (nSPS) is 10.7. The summed E-state index contributed by atoms with van der Waals surface area (Å²) in [7, 11) is -3.51. The van der Waals surface area contributed by atoms with Crippen LogP contribution in [-0.2, 0) is 16.6 Å². The van der Waals surface area contributed by atoms with Crippen LogP contribution >= 0.6 is 0 Å². The first-order valence-corrected chi connectivity index (χ1v) is 7.83. The molecule has 5 heteroatoms.